The van der Waals surface area contributed by atoms with Gasteiger partial charge in [0, 0.05) is 38.1 Å². The van der Waals surface area contributed by atoms with Crippen molar-refractivity contribution >= 4 is 5.91 Å². The maximum absolute atomic E-state index is 12.7. The predicted molar refractivity (Wildman–Crippen MR) is 84.9 cm³/mol. The number of hydrogen-bond acceptors (Lipinski definition) is 5. The molecule has 3 heterocycles. The highest BCUT2D eigenvalue weighted by atomic mass is 16.5. The van der Waals surface area contributed by atoms with E-state index in [2.05, 4.69) is 30.9 Å². The molecule has 1 amide bonds. The van der Waals surface area contributed by atoms with Crippen LogP contribution in [0.2, 0.25) is 0 Å². The Balaban J connectivity index is 1.83. The van der Waals surface area contributed by atoms with Gasteiger partial charge < -0.3 is 14.2 Å². The maximum Gasteiger partial charge on any atom is 0.232 e. The molecule has 6 heteroatoms. The van der Waals surface area contributed by atoms with Crippen molar-refractivity contribution in [2.24, 2.45) is 10.8 Å². The lowest BCUT2D eigenvalue weighted by Crippen LogP contribution is -2.38. The van der Waals surface area contributed by atoms with Crippen LogP contribution in [0.5, 0.6) is 0 Å². The number of likely N-dealkylation sites (tertiary alicyclic amines) is 1. The minimum absolute atomic E-state index is 0.000908. The summed E-state index contributed by atoms with van der Waals surface area (Å²) in [5, 5.41) is 3.95. The van der Waals surface area contributed by atoms with Crippen molar-refractivity contribution in [2.75, 3.05) is 26.3 Å². The van der Waals surface area contributed by atoms with E-state index in [0.717, 1.165) is 32.6 Å². The Kier molecular flexibility index (Phi) is 4.21. The summed E-state index contributed by atoms with van der Waals surface area (Å²) < 4.78 is 11.0. The maximum atomic E-state index is 12.7. The van der Waals surface area contributed by atoms with Gasteiger partial charge in [0.05, 0.1) is 5.92 Å². The van der Waals surface area contributed by atoms with Crippen LogP contribution in [0.25, 0.3) is 0 Å². The first-order valence-electron chi connectivity index (χ1n) is 8.45. The Labute approximate surface area is 137 Å². The number of nitrogens with zero attached hydrogens (tertiary/aromatic N) is 3. The summed E-state index contributed by atoms with van der Waals surface area (Å²) in [5.74, 6) is 1.68. The van der Waals surface area contributed by atoms with Crippen LogP contribution in [-0.4, -0.2) is 47.3 Å². The third kappa shape index (κ3) is 3.42. The van der Waals surface area contributed by atoms with Crippen molar-refractivity contribution in [3.05, 3.63) is 11.7 Å². The molecule has 2 aliphatic rings. The van der Waals surface area contributed by atoms with Crippen molar-refractivity contribution in [1.29, 1.82) is 0 Å². The highest BCUT2D eigenvalue weighted by Crippen LogP contribution is 2.49. The topological polar surface area (TPSA) is 68.5 Å². The first kappa shape index (κ1) is 16.4. The van der Waals surface area contributed by atoms with Crippen molar-refractivity contribution in [2.45, 2.75) is 52.9 Å². The number of rotatable bonds is 2. The number of carbonyl (C=O) groups is 1. The van der Waals surface area contributed by atoms with E-state index in [1.807, 2.05) is 11.8 Å². The molecule has 6 nitrogen and oxygen atoms in total. The van der Waals surface area contributed by atoms with Gasteiger partial charge in [-0.25, -0.2) is 0 Å². The average molecular weight is 321 g/mol. The summed E-state index contributed by atoms with van der Waals surface area (Å²) in [5.41, 5.74) is 0.0177. The number of aryl methyl sites for hydroxylation is 1. The molecule has 0 aliphatic carbocycles. The fourth-order valence-electron chi connectivity index (χ4n) is 3.80. The van der Waals surface area contributed by atoms with Gasteiger partial charge in [0.1, 0.15) is 0 Å². The van der Waals surface area contributed by atoms with E-state index < -0.39 is 0 Å². The van der Waals surface area contributed by atoms with Gasteiger partial charge in [-0.15, -0.1) is 0 Å². The van der Waals surface area contributed by atoms with Crippen LogP contribution >= 0.6 is 0 Å². The van der Waals surface area contributed by atoms with E-state index in [9.17, 15) is 4.79 Å². The summed E-state index contributed by atoms with van der Waals surface area (Å²) in [4.78, 5) is 19.2. The lowest BCUT2D eigenvalue weighted by molar-refractivity contribution is -0.132. The van der Waals surface area contributed by atoms with Crippen LogP contribution in [0.3, 0.4) is 0 Å². The van der Waals surface area contributed by atoms with Crippen LogP contribution in [0.1, 0.15) is 57.7 Å². The molecular formula is C17H27N3O3. The van der Waals surface area contributed by atoms with E-state index in [1.54, 1.807) is 0 Å². The van der Waals surface area contributed by atoms with Crippen LogP contribution in [0.4, 0.5) is 0 Å². The van der Waals surface area contributed by atoms with E-state index in [4.69, 9.17) is 9.26 Å². The SMILES string of the molecule is Cc1noc([C@H]2CN(C(=O)CC(C)(C)C)CC23CCOCC3)n1. The zero-order valence-corrected chi connectivity index (χ0v) is 14.6. The average Bonchev–Trinajstić information content (AvgIpc) is 3.02. The molecule has 0 bridgehead atoms. The minimum atomic E-state index is -0.000908. The van der Waals surface area contributed by atoms with E-state index >= 15 is 0 Å². The lowest BCUT2D eigenvalue weighted by Gasteiger charge is -2.36. The highest BCUT2D eigenvalue weighted by molar-refractivity contribution is 5.77. The van der Waals surface area contributed by atoms with Gasteiger partial charge in [-0.2, -0.15) is 4.98 Å². The summed E-state index contributed by atoms with van der Waals surface area (Å²) in [7, 11) is 0. The molecule has 0 unspecified atom stereocenters. The third-order valence-electron chi connectivity index (χ3n) is 5.01. The van der Waals surface area contributed by atoms with Crippen LogP contribution in [-0.2, 0) is 9.53 Å². The Morgan fingerprint density at radius 3 is 2.61 bits per heavy atom. The van der Waals surface area contributed by atoms with Crippen molar-refractivity contribution < 1.29 is 14.1 Å². The fraction of sp³-hybridized carbons (Fsp3) is 0.824. The second-order valence-electron chi connectivity index (χ2n) is 8.22. The van der Waals surface area contributed by atoms with Crippen LogP contribution in [0, 0.1) is 17.8 Å². The van der Waals surface area contributed by atoms with Gasteiger partial charge in [0.2, 0.25) is 11.8 Å². The first-order valence-corrected chi connectivity index (χ1v) is 8.45. The summed E-state index contributed by atoms with van der Waals surface area (Å²) in [6.45, 7) is 11.1. The summed E-state index contributed by atoms with van der Waals surface area (Å²) in [6, 6.07) is 0. The third-order valence-corrected chi connectivity index (χ3v) is 5.01. The molecule has 0 radical (unpaired) electrons. The molecule has 3 rings (SSSR count). The molecule has 23 heavy (non-hydrogen) atoms. The zero-order chi connectivity index (χ0) is 16.7. The standard InChI is InChI=1S/C17H27N3O3/c1-12-18-15(23-19-12)13-10-20(14(21)9-16(2,3)4)11-17(13)5-7-22-8-6-17/h13H,5-11H2,1-4H3/t13-/m1/s1. The Hall–Kier alpha value is -1.43. The van der Waals surface area contributed by atoms with Crippen molar-refractivity contribution in [3.8, 4) is 0 Å². The second kappa shape index (κ2) is 5.89. The van der Waals surface area contributed by atoms with Crippen LogP contribution < -0.4 is 0 Å². The highest BCUT2D eigenvalue weighted by Gasteiger charge is 2.51. The summed E-state index contributed by atoms with van der Waals surface area (Å²) in [6.07, 6.45) is 2.45. The number of amides is 1. The zero-order valence-electron chi connectivity index (χ0n) is 14.6. The molecule has 2 fully saturated rings. The number of carbonyl (C=O) groups excluding carboxylic acids is 1. The largest absolute Gasteiger partial charge is 0.381 e. The molecule has 1 aromatic heterocycles. The van der Waals surface area contributed by atoms with Gasteiger partial charge in [0.15, 0.2) is 5.82 Å². The molecule has 0 aromatic carbocycles. The molecule has 128 valence electrons. The Morgan fingerprint density at radius 2 is 2.04 bits per heavy atom. The normalized spacial score (nSPS) is 24.3. The molecule has 2 aliphatic heterocycles. The number of ether oxygens (including phenoxy) is 1. The first-order chi connectivity index (χ1) is 10.8. The fourth-order valence-corrected chi connectivity index (χ4v) is 3.80. The molecule has 0 N–H and O–H groups in total. The molecule has 1 spiro atoms. The Morgan fingerprint density at radius 1 is 1.35 bits per heavy atom. The van der Waals surface area contributed by atoms with Crippen molar-refractivity contribution in [3.63, 3.8) is 0 Å². The van der Waals surface area contributed by atoms with Gasteiger partial charge >= 0.3 is 0 Å². The van der Waals surface area contributed by atoms with E-state index in [1.165, 1.54) is 0 Å². The van der Waals surface area contributed by atoms with Gasteiger partial charge in [-0.05, 0) is 25.2 Å². The number of aromatic nitrogens is 2. The van der Waals surface area contributed by atoms with Crippen molar-refractivity contribution in [1.82, 2.24) is 15.0 Å². The van der Waals surface area contributed by atoms with Gasteiger partial charge in [-0.3, -0.25) is 4.79 Å². The molecule has 1 aromatic rings. The van der Waals surface area contributed by atoms with Gasteiger partial charge in [0.25, 0.3) is 0 Å². The quantitative estimate of drug-likeness (QED) is 0.837. The lowest BCUT2D eigenvalue weighted by atomic mass is 9.72. The molecule has 2 saturated heterocycles. The monoisotopic (exact) mass is 321 g/mol. The van der Waals surface area contributed by atoms with Gasteiger partial charge in [-0.1, -0.05) is 25.9 Å². The smallest absolute Gasteiger partial charge is 0.232 e. The van der Waals surface area contributed by atoms with Crippen LogP contribution in [0.15, 0.2) is 4.52 Å². The van der Waals surface area contributed by atoms with E-state index in [0.29, 0.717) is 24.7 Å². The molecule has 1 atom stereocenters. The second-order valence-corrected chi connectivity index (χ2v) is 8.22. The molecular weight excluding hydrogens is 294 g/mol. The summed E-state index contributed by atoms with van der Waals surface area (Å²) >= 11 is 0. The number of hydrogen-bond donors (Lipinski definition) is 0. The molecule has 0 saturated carbocycles. The van der Waals surface area contributed by atoms with E-state index in [-0.39, 0.29) is 22.7 Å². The predicted octanol–water partition coefficient (Wildman–Crippen LogP) is 2.54. The minimum Gasteiger partial charge on any atom is -0.381 e. The Bertz CT molecular complexity index is 570.